The summed E-state index contributed by atoms with van der Waals surface area (Å²) >= 11 is 0. The number of aryl methyl sites for hydroxylation is 1. The first-order chi connectivity index (χ1) is 15.1. The molecule has 1 aliphatic rings. The first kappa shape index (κ1) is 23.6. The quantitative estimate of drug-likeness (QED) is 0.346. The normalized spacial score (nSPS) is 18.8. The van der Waals surface area contributed by atoms with Gasteiger partial charge < -0.3 is 4.74 Å². The molecule has 0 atom stereocenters. The predicted molar refractivity (Wildman–Crippen MR) is 121 cm³/mol. The van der Waals surface area contributed by atoms with E-state index in [1.807, 2.05) is 6.07 Å². The number of unbranched alkanes of at least 4 members (excludes halogenated alkanes) is 3. The van der Waals surface area contributed by atoms with E-state index in [1.165, 1.54) is 69.9 Å². The second kappa shape index (κ2) is 12.1. The van der Waals surface area contributed by atoms with Crippen LogP contribution in [0.1, 0.15) is 83.7 Å². The zero-order chi connectivity index (χ0) is 22.1. The molecule has 1 saturated carbocycles. The fourth-order valence-electron chi connectivity index (χ4n) is 4.65. The van der Waals surface area contributed by atoms with Crippen LogP contribution in [0.25, 0.3) is 11.3 Å². The summed E-state index contributed by atoms with van der Waals surface area (Å²) < 4.78 is 33.6. The summed E-state index contributed by atoms with van der Waals surface area (Å²) in [6.07, 6.45) is 14.2. The first-order valence-corrected chi connectivity index (χ1v) is 12.1. The summed E-state index contributed by atoms with van der Waals surface area (Å²) in [4.78, 5) is 0. The minimum atomic E-state index is -0.980. The molecule has 3 rings (SSSR count). The second-order valence-corrected chi connectivity index (χ2v) is 8.86. The molecule has 1 heterocycles. The molecular formula is C26H36F2N2O. The van der Waals surface area contributed by atoms with Crippen LogP contribution < -0.4 is 4.74 Å². The molecule has 0 aliphatic heterocycles. The van der Waals surface area contributed by atoms with Crippen LogP contribution in [0, 0.1) is 23.5 Å². The van der Waals surface area contributed by atoms with Crippen molar-refractivity contribution in [1.29, 1.82) is 0 Å². The Kier molecular flexibility index (Phi) is 9.23. The van der Waals surface area contributed by atoms with Crippen molar-refractivity contribution in [3.63, 3.8) is 0 Å². The van der Waals surface area contributed by atoms with Gasteiger partial charge in [0, 0.05) is 5.56 Å². The van der Waals surface area contributed by atoms with Crippen molar-refractivity contribution in [2.75, 3.05) is 6.61 Å². The monoisotopic (exact) mass is 430 g/mol. The van der Waals surface area contributed by atoms with E-state index in [9.17, 15) is 8.78 Å². The Balaban J connectivity index is 1.47. The lowest BCUT2D eigenvalue weighted by molar-refractivity contribution is 0.248. The lowest BCUT2D eigenvalue weighted by Crippen LogP contribution is -2.15. The Hall–Kier alpha value is -2.04. The minimum absolute atomic E-state index is 0.0796. The van der Waals surface area contributed by atoms with Crippen molar-refractivity contribution in [1.82, 2.24) is 10.2 Å². The molecule has 1 fully saturated rings. The van der Waals surface area contributed by atoms with Gasteiger partial charge in [-0.25, -0.2) is 4.39 Å². The van der Waals surface area contributed by atoms with Crippen LogP contribution in [0.5, 0.6) is 5.75 Å². The molecule has 0 unspecified atom stereocenters. The summed E-state index contributed by atoms with van der Waals surface area (Å²) in [6, 6.07) is 6.55. The Morgan fingerprint density at radius 3 is 2.23 bits per heavy atom. The van der Waals surface area contributed by atoms with Gasteiger partial charge in [-0.3, -0.25) is 0 Å². The average Bonchev–Trinajstić information content (AvgIpc) is 2.80. The minimum Gasteiger partial charge on any atom is -0.491 e. The third kappa shape index (κ3) is 6.72. The SMILES string of the molecule is CCCCCCC1CCC(CCc2ccc(-c3ccc(OCC)c(F)c3F)nn2)CC1. The molecule has 5 heteroatoms. The average molecular weight is 431 g/mol. The van der Waals surface area contributed by atoms with Gasteiger partial charge in [-0.2, -0.15) is 14.6 Å². The van der Waals surface area contributed by atoms with Gasteiger partial charge in [0.05, 0.1) is 18.0 Å². The summed E-state index contributed by atoms with van der Waals surface area (Å²) in [5.74, 6) is -0.308. The van der Waals surface area contributed by atoms with Crippen molar-refractivity contribution in [3.8, 4) is 17.0 Å². The molecule has 0 spiro atoms. The van der Waals surface area contributed by atoms with Gasteiger partial charge in [-0.15, -0.1) is 0 Å². The molecule has 0 saturated heterocycles. The molecule has 0 bridgehead atoms. The number of hydrogen-bond donors (Lipinski definition) is 0. The van der Waals surface area contributed by atoms with Crippen molar-refractivity contribution >= 4 is 0 Å². The van der Waals surface area contributed by atoms with E-state index in [1.54, 1.807) is 13.0 Å². The van der Waals surface area contributed by atoms with Gasteiger partial charge in [0.1, 0.15) is 0 Å². The van der Waals surface area contributed by atoms with Gasteiger partial charge in [-0.1, -0.05) is 64.7 Å². The molecule has 31 heavy (non-hydrogen) atoms. The lowest BCUT2D eigenvalue weighted by atomic mass is 9.78. The largest absolute Gasteiger partial charge is 0.491 e. The Labute approximate surface area is 185 Å². The first-order valence-electron chi connectivity index (χ1n) is 12.1. The zero-order valence-electron chi connectivity index (χ0n) is 19.0. The van der Waals surface area contributed by atoms with E-state index >= 15 is 0 Å². The molecule has 0 amide bonds. The van der Waals surface area contributed by atoms with Crippen LogP contribution in [-0.2, 0) is 6.42 Å². The lowest BCUT2D eigenvalue weighted by Gasteiger charge is -2.28. The van der Waals surface area contributed by atoms with E-state index in [0.29, 0.717) is 5.69 Å². The fourth-order valence-corrected chi connectivity index (χ4v) is 4.65. The van der Waals surface area contributed by atoms with Crippen LogP contribution in [0.2, 0.25) is 0 Å². The fraction of sp³-hybridized carbons (Fsp3) is 0.615. The smallest absolute Gasteiger partial charge is 0.201 e. The molecule has 1 aromatic carbocycles. The van der Waals surface area contributed by atoms with Crippen LogP contribution in [0.4, 0.5) is 8.78 Å². The summed E-state index contributed by atoms with van der Waals surface area (Å²) in [6.45, 7) is 4.28. The van der Waals surface area contributed by atoms with Gasteiger partial charge in [-0.05, 0) is 55.9 Å². The summed E-state index contributed by atoms with van der Waals surface area (Å²) in [5, 5.41) is 8.43. The molecule has 3 nitrogen and oxygen atoms in total. The molecule has 1 aliphatic carbocycles. The Morgan fingerprint density at radius 1 is 0.839 bits per heavy atom. The third-order valence-electron chi connectivity index (χ3n) is 6.58. The van der Waals surface area contributed by atoms with Crippen molar-refractivity contribution in [2.45, 2.75) is 84.5 Å². The Bertz CT molecular complexity index is 802. The number of nitrogens with zero attached hydrogens (tertiary/aromatic N) is 2. The summed E-state index contributed by atoms with van der Waals surface area (Å²) in [5.41, 5.74) is 1.36. The standard InChI is InChI=1S/C26H36F2N2O/c1-3-5-6-7-8-19-9-11-20(12-10-19)13-14-21-15-17-23(30-29-21)22-16-18-24(31-4-2)26(28)25(22)27/h15-20H,3-14H2,1-2H3. The van der Waals surface area contributed by atoms with Crippen molar-refractivity contribution < 1.29 is 13.5 Å². The maximum atomic E-state index is 14.4. The molecule has 0 radical (unpaired) electrons. The highest BCUT2D eigenvalue weighted by Crippen LogP contribution is 2.34. The highest BCUT2D eigenvalue weighted by molar-refractivity contribution is 5.61. The number of aromatic nitrogens is 2. The highest BCUT2D eigenvalue weighted by Gasteiger charge is 2.21. The van der Waals surface area contributed by atoms with Crippen LogP contribution in [0.3, 0.4) is 0 Å². The third-order valence-corrected chi connectivity index (χ3v) is 6.58. The van der Waals surface area contributed by atoms with Crippen molar-refractivity contribution in [3.05, 3.63) is 41.6 Å². The number of benzene rings is 1. The summed E-state index contributed by atoms with van der Waals surface area (Å²) in [7, 11) is 0. The zero-order valence-corrected chi connectivity index (χ0v) is 19.0. The van der Waals surface area contributed by atoms with E-state index in [-0.39, 0.29) is 17.9 Å². The van der Waals surface area contributed by atoms with E-state index in [4.69, 9.17) is 4.74 Å². The van der Waals surface area contributed by atoms with Gasteiger partial charge in [0.2, 0.25) is 5.82 Å². The molecular weight excluding hydrogens is 394 g/mol. The molecule has 0 N–H and O–H groups in total. The molecule has 170 valence electrons. The van der Waals surface area contributed by atoms with Gasteiger partial charge in [0.15, 0.2) is 11.6 Å². The topological polar surface area (TPSA) is 35.0 Å². The maximum absolute atomic E-state index is 14.4. The predicted octanol–water partition coefficient (Wildman–Crippen LogP) is 7.53. The van der Waals surface area contributed by atoms with Crippen molar-refractivity contribution in [2.24, 2.45) is 11.8 Å². The Morgan fingerprint density at radius 2 is 1.58 bits per heavy atom. The number of halogens is 2. The van der Waals surface area contributed by atoms with Crippen LogP contribution in [0.15, 0.2) is 24.3 Å². The van der Waals surface area contributed by atoms with E-state index in [2.05, 4.69) is 17.1 Å². The number of hydrogen-bond acceptors (Lipinski definition) is 3. The van der Waals surface area contributed by atoms with Gasteiger partial charge >= 0.3 is 0 Å². The van der Waals surface area contributed by atoms with Crippen LogP contribution >= 0.6 is 0 Å². The number of ether oxygens (including phenoxy) is 1. The maximum Gasteiger partial charge on any atom is 0.201 e. The highest BCUT2D eigenvalue weighted by atomic mass is 19.2. The van der Waals surface area contributed by atoms with Gasteiger partial charge in [0.25, 0.3) is 0 Å². The number of rotatable bonds is 11. The van der Waals surface area contributed by atoms with E-state index in [0.717, 1.165) is 30.4 Å². The second-order valence-electron chi connectivity index (χ2n) is 8.86. The van der Waals surface area contributed by atoms with Crippen LogP contribution in [-0.4, -0.2) is 16.8 Å². The van der Waals surface area contributed by atoms with E-state index < -0.39 is 11.6 Å². The molecule has 1 aromatic heterocycles. The molecule has 2 aromatic rings.